The first-order valence-corrected chi connectivity index (χ1v) is 11.2. The van der Waals surface area contributed by atoms with Gasteiger partial charge < -0.3 is 0 Å². The normalized spacial score (nSPS) is 17.4. The van der Waals surface area contributed by atoms with E-state index in [4.69, 9.17) is 11.6 Å². The van der Waals surface area contributed by atoms with Crippen molar-refractivity contribution in [3.8, 4) is 0 Å². The Kier molecular flexibility index (Phi) is 6.74. The van der Waals surface area contributed by atoms with Gasteiger partial charge in [-0.05, 0) is 49.1 Å². The maximum Gasteiger partial charge on any atom is 0.272 e. The fraction of sp³-hybridized carbons (Fsp3) is 0.300. The Bertz CT molecular complexity index is 1080. The summed E-state index contributed by atoms with van der Waals surface area (Å²) in [4.78, 5) is 24.3. The fourth-order valence-corrected chi connectivity index (χ4v) is 5.34. The minimum absolute atomic E-state index is 0.000156. The Morgan fingerprint density at radius 3 is 2.53 bits per heavy atom. The van der Waals surface area contributed by atoms with Crippen LogP contribution in [0.2, 0.25) is 5.02 Å². The fourth-order valence-electron chi connectivity index (χ4n) is 3.24. The van der Waals surface area contributed by atoms with Gasteiger partial charge in [-0.1, -0.05) is 30.7 Å². The molecule has 0 saturated carbocycles. The van der Waals surface area contributed by atoms with Crippen molar-refractivity contribution >= 4 is 33.4 Å². The van der Waals surface area contributed by atoms with Crippen LogP contribution in [0.25, 0.3) is 0 Å². The molecule has 10 heteroatoms. The second-order valence-electron chi connectivity index (χ2n) is 7.14. The lowest BCUT2D eigenvalue weighted by molar-refractivity contribution is 0.0844. The summed E-state index contributed by atoms with van der Waals surface area (Å²) < 4.78 is 41.1. The molecule has 1 aliphatic rings. The summed E-state index contributed by atoms with van der Waals surface area (Å²) in [5.41, 5.74) is 4.00. The number of piperidine rings is 1. The summed E-state index contributed by atoms with van der Waals surface area (Å²) in [5.74, 6) is -2.11. The smallest absolute Gasteiger partial charge is 0.267 e. The number of hydrogen-bond acceptors (Lipinski definition) is 4. The van der Waals surface area contributed by atoms with Crippen LogP contribution in [0.5, 0.6) is 0 Å². The van der Waals surface area contributed by atoms with E-state index in [1.54, 1.807) is 0 Å². The van der Waals surface area contributed by atoms with Crippen LogP contribution in [0.15, 0.2) is 47.4 Å². The van der Waals surface area contributed by atoms with Gasteiger partial charge in [0.1, 0.15) is 10.7 Å². The molecule has 0 bridgehead atoms. The van der Waals surface area contributed by atoms with Crippen LogP contribution in [0.4, 0.5) is 4.39 Å². The lowest BCUT2D eigenvalue weighted by Gasteiger charge is -2.30. The molecule has 2 amide bonds. The molecule has 1 atom stereocenters. The van der Waals surface area contributed by atoms with Crippen LogP contribution in [0.3, 0.4) is 0 Å². The van der Waals surface area contributed by atoms with E-state index in [2.05, 4.69) is 10.9 Å². The van der Waals surface area contributed by atoms with E-state index in [0.717, 1.165) is 18.9 Å². The number of sulfonamides is 1. The molecule has 1 aliphatic heterocycles. The number of hydrazine groups is 1. The maximum absolute atomic E-state index is 13.7. The number of halogens is 2. The number of hydrogen-bond donors (Lipinski definition) is 2. The molecule has 1 heterocycles. The van der Waals surface area contributed by atoms with Crippen LogP contribution in [-0.2, 0) is 10.0 Å². The average Bonchev–Trinajstić information content (AvgIpc) is 2.72. The summed E-state index contributed by atoms with van der Waals surface area (Å²) in [6.45, 7) is 2.75. The molecule has 1 saturated heterocycles. The Morgan fingerprint density at radius 2 is 1.83 bits per heavy atom. The Hall–Kier alpha value is -2.49. The quantitative estimate of drug-likeness (QED) is 0.696. The molecule has 3 rings (SSSR count). The molecule has 160 valence electrons. The lowest BCUT2D eigenvalue weighted by atomic mass is 10.0. The topological polar surface area (TPSA) is 95.6 Å². The van der Waals surface area contributed by atoms with Gasteiger partial charge >= 0.3 is 0 Å². The van der Waals surface area contributed by atoms with E-state index in [1.807, 2.05) is 6.92 Å². The zero-order valence-corrected chi connectivity index (χ0v) is 17.8. The van der Waals surface area contributed by atoms with Crippen LogP contribution in [0.1, 0.15) is 40.5 Å². The Morgan fingerprint density at radius 1 is 1.13 bits per heavy atom. The number of nitrogens with zero attached hydrogens (tertiary/aromatic N) is 1. The van der Waals surface area contributed by atoms with E-state index in [1.165, 1.54) is 40.7 Å². The summed E-state index contributed by atoms with van der Waals surface area (Å²) >= 11 is 6.12. The van der Waals surface area contributed by atoms with Crippen LogP contribution >= 0.6 is 11.6 Å². The number of amides is 2. The van der Waals surface area contributed by atoms with E-state index >= 15 is 0 Å². The molecule has 2 aromatic carbocycles. The number of nitrogens with one attached hydrogen (secondary N) is 2. The molecule has 0 spiro atoms. The second kappa shape index (κ2) is 9.11. The van der Waals surface area contributed by atoms with Gasteiger partial charge in [-0.3, -0.25) is 20.4 Å². The first-order chi connectivity index (χ1) is 14.2. The lowest BCUT2D eigenvalue weighted by Crippen LogP contribution is -2.42. The highest BCUT2D eigenvalue weighted by atomic mass is 35.5. The second-order valence-corrected chi connectivity index (χ2v) is 9.46. The standard InChI is InChI=1S/C20H21ClFN3O4S/c1-13-5-4-10-25(12-13)30(28,29)18-11-14(8-9-16(18)21)19(26)23-24-20(27)15-6-2-3-7-17(15)22/h2-3,6-9,11,13H,4-5,10,12H2,1H3,(H,23,26)(H,24,27). The average molecular weight is 454 g/mol. The third-order valence-electron chi connectivity index (χ3n) is 4.84. The summed E-state index contributed by atoms with van der Waals surface area (Å²) in [6.07, 6.45) is 1.70. The predicted octanol–water partition coefficient (Wildman–Crippen LogP) is 2.97. The van der Waals surface area contributed by atoms with Gasteiger partial charge in [-0.25, -0.2) is 12.8 Å². The molecule has 1 fully saturated rings. The van der Waals surface area contributed by atoms with Gasteiger partial charge in [0.2, 0.25) is 10.0 Å². The molecule has 0 aliphatic carbocycles. The summed E-state index contributed by atoms with van der Waals surface area (Å²) in [5, 5.41) is 0.000156. The van der Waals surface area contributed by atoms with Gasteiger partial charge in [0.25, 0.3) is 11.8 Å². The van der Waals surface area contributed by atoms with Crippen LogP contribution in [-0.4, -0.2) is 37.6 Å². The SMILES string of the molecule is CC1CCCN(S(=O)(=O)c2cc(C(=O)NNC(=O)c3ccccc3F)ccc2Cl)C1. The third kappa shape index (κ3) is 4.80. The van der Waals surface area contributed by atoms with Crippen LogP contribution in [0, 0.1) is 11.7 Å². The molecule has 0 aromatic heterocycles. The summed E-state index contributed by atoms with van der Waals surface area (Å²) in [7, 11) is -3.88. The van der Waals surface area contributed by atoms with Crippen molar-refractivity contribution in [1.82, 2.24) is 15.2 Å². The van der Waals surface area contributed by atoms with Crippen molar-refractivity contribution in [1.29, 1.82) is 0 Å². The van der Waals surface area contributed by atoms with Crippen molar-refractivity contribution in [2.24, 2.45) is 5.92 Å². The molecule has 0 radical (unpaired) electrons. The van der Waals surface area contributed by atoms with Crippen molar-refractivity contribution < 1.29 is 22.4 Å². The highest BCUT2D eigenvalue weighted by Gasteiger charge is 2.31. The van der Waals surface area contributed by atoms with E-state index in [0.29, 0.717) is 13.1 Å². The first kappa shape index (κ1) is 22.2. The Balaban J connectivity index is 1.76. The number of carbonyl (C=O) groups excluding carboxylic acids is 2. The highest BCUT2D eigenvalue weighted by Crippen LogP contribution is 2.29. The molecule has 30 heavy (non-hydrogen) atoms. The van der Waals surface area contributed by atoms with Gasteiger partial charge in [-0.15, -0.1) is 0 Å². The van der Waals surface area contributed by atoms with Crippen molar-refractivity contribution in [3.63, 3.8) is 0 Å². The number of rotatable bonds is 4. The molecule has 2 N–H and O–H groups in total. The van der Waals surface area contributed by atoms with Crippen LogP contribution < -0.4 is 10.9 Å². The van der Waals surface area contributed by atoms with Crippen molar-refractivity contribution in [2.75, 3.05) is 13.1 Å². The monoisotopic (exact) mass is 453 g/mol. The highest BCUT2D eigenvalue weighted by molar-refractivity contribution is 7.89. The largest absolute Gasteiger partial charge is 0.272 e. The molecule has 1 unspecified atom stereocenters. The molecular formula is C20H21ClFN3O4S. The zero-order valence-electron chi connectivity index (χ0n) is 16.2. The van der Waals surface area contributed by atoms with E-state index in [-0.39, 0.29) is 27.0 Å². The number of benzene rings is 2. The maximum atomic E-state index is 13.7. The number of carbonyl (C=O) groups is 2. The van der Waals surface area contributed by atoms with Crippen molar-refractivity contribution in [2.45, 2.75) is 24.7 Å². The summed E-state index contributed by atoms with van der Waals surface area (Å²) in [6, 6.07) is 9.13. The van der Waals surface area contributed by atoms with Gasteiger partial charge in [0, 0.05) is 18.7 Å². The molecule has 2 aromatic rings. The minimum atomic E-state index is -3.88. The molecular weight excluding hydrogens is 433 g/mol. The van der Waals surface area contributed by atoms with Gasteiger partial charge in [0.05, 0.1) is 10.6 Å². The van der Waals surface area contributed by atoms with Crippen molar-refractivity contribution in [3.05, 3.63) is 64.4 Å². The van der Waals surface area contributed by atoms with E-state index in [9.17, 15) is 22.4 Å². The van der Waals surface area contributed by atoms with Gasteiger partial charge in [-0.2, -0.15) is 4.31 Å². The minimum Gasteiger partial charge on any atom is -0.267 e. The Labute approximate surface area is 179 Å². The van der Waals surface area contributed by atoms with E-state index < -0.39 is 27.7 Å². The predicted molar refractivity (Wildman–Crippen MR) is 110 cm³/mol. The zero-order chi connectivity index (χ0) is 21.9. The first-order valence-electron chi connectivity index (χ1n) is 9.35. The third-order valence-corrected chi connectivity index (χ3v) is 7.19. The van der Waals surface area contributed by atoms with Gasteiger partial charge in [0.15, 0.2) is 0 Å². The molecule has 7 nitrogen and oxygen atoms in total.